The van der Waals surface area contributed by atoms with Crippen LogP contribution in [0.2, 0.25) is 5.02 Å². The minimum atomic E-state index is -0.613. The van der Waals surface area contributed by atoms with Crippen molar-refractivity contribution < 1.29 is 9.84 Å². The second-order valence-corrected chi connectivity index (χ2v) is 5.81. The second-order valence-electron chi connectivity index (χ2n) is 4.56. The van der Waals surface area contributed by atoms with Crippen LogP contribution in [0.5, 0.6) is 0 Å². The molecule has 0 spiro atoms. The van der Waals surface area contributed by atoms with Crippen molar-refractivity contribution in [1.82, 2.24) is 10.3 Å². The summed E-state index contributed by atoms with van der Waals surface area (Å²) in [4.78, 5) is 13.6. The largest absolute Gasteiger partial charge is 0.389 e. The van der Waals surface area contributed by atoms with E-state index in [1.807, 2.05) is 18.2 Å². The van der Waals surface area contributed by atoms with Gasteiger partial charge >= 0.3 is 4.87 Å². The molecule has 0 saturated heterocycles. The van der Waals surface area contributed by atoms with Gasteiger partial charge in [-0.3, -0.25) is 4.79 Å². The Morgan fingerprint density at radius 2 is 2.24 bits per heavy atom. The van der Waals surface area contributed by atoms with Gasteiger partial charge in [-0.25, -0.2) is 0 Å². The molecule has 1 unspecified atom stereocenters. The Bertz CT molecular complexity index is 614. The molecule has 21 heavy (non-hydrogen) atoms. The number of aliphatic hydroxyl groups is 1. The number of H-pyrrole nitrogens is 1. The van der Waals surface area contributed by atoms with Crippen LogP contribution >= 0.6 is 22.9 Å². The van der Waals surface area contributed by atoms with Crippen LogP contribution in [0.3, 0.4) is 0 Å². The molecular formula is C14H17ClN2O3S. The number of thiazole rings is 1. The van der Waals surface area contributed by atoms with E-state index in [1.165, 1.54) is 0 Å². The van der Waals surface area contributed by atoms with Crippen molar-refractivity contribution in [2.45, 2.75) is 19.3 Å². The fourth-order valence-electron chi connectivity index (χ4n) is 1.75. The number of halogens is 1. The summed E-state index contributed by atoms with van der Waals surface area (Å²) in [7, 11) is 0. The highest BCUT2D eigenvalue weighted by Crippen LogP contribution is 2.15. The summed E-state index contributed by atoms with van der Waals surface area (Å²) < 4.78 is 5.44. The average Bonchev–Trinajstić information content (AvgIpc) is 2.87. The Balaban J connectivity index is 1.62. The quantitative estimate of drug-likeness (QED) is 0.690. The van der Waals surface area contributed by atoms with E-state index < -0.39 is 6.10 Å². The van der Waals surface area contributed by atoms with E-state index in [1.54, 1.807) is 11.4 Å². The fraction of sp³-hybridized carbons (Fsp3) is 0.357. The highest BCUT2D eigenvalue weighted by atomic mass is 35.5. The summed E-state index contributed by atoms with van der Waals surface area (Å²) in [5, 5.41) is 15.3. The number of benzene rings is 1. The van der Waals surface area contributed by atoms with Gasteiger partial charge in [-0.05, 0) is 11.6 Å². The van der Waals surface area contributed by atoms with Crippen molar-refractivity contribution in [1.29, 1.82) is 0 Å². The third-order valence-corrected chi connectivity index (χ3v) is 3.88. The van der Waals surface area contributed by atoms with Crippen molar-refractivity contribution in [3.8, 4) is 0 Å². The Hall–Kier alpha value is -1.18. The lowest BCUT2D eigenvalue weighted by Crippen LogP contribution is -2.30. The highest BCUT2D eigenvalue weighted by Gasteiger charge is 2.06. The zero-order valence-corrected chi connectivity index (χ0v) is 12.9. The van der Waals surface area contributed by atoms with Gasteiger partial charge in [0.25, 0.3) is 0 Å². The number of aliphatic hydroxyl groups excluding tert-OH is 1. The van der Waals surface area contributed by atoms with E-state index in [9.17, 15) is 9.90 Å². The van der Waals surface area contributed by atoms with E-state index in [4.69, 9.17) is 16.3 Å². The van der Waals surface area contributed by atoms with Crippen molar-refractivity contribution in [3.63, 3.8) is 0 Å². The maximum Gasteiger partial charge on any atom is 0.304 e. The Morgan fingerprint density at radius 1 is 1.43 bits per heavy atom. The number of ether oxygens (including phenoxy) is 1. The SMILES string of the molecule is O=c1[nH]c(CNCC(O)COCc2ccccc2Cl)cs1. The Morgan fingerprint density at radius 3 is 2.95 bits per heavy atom. The molecule has 1 aromatic carbocycles. The van der Waals surface area contributed by atoms with Crippen LogP contribution in [-0.4, -0.2) is 29.3 Å². The first-order chi connectivity index (χ1) is 10.1. The summed E-state index contributed by atoms with van der Waals surface area (Å²) in [5.41, 5.74) is 1.71. The van der Waals surface area contributed by atoms with Crippen LogP contribution in [-0.2, 0) is 17.9 Å². The number of nitrogens with one attached hydrogen (secondary N) is 2. The first-order valence-corrected chi connectivity index (χ1v) is 7.77. The van der Waals surface area contributed by atoms with E-state index in [0.717, 1.165) is 22.6 Å². The van der Waals surface area contributed by atoms with E-state index in [2.05, 4.69) is 10.3 Å². The van der Waals surface area contributed by atoms with Crippen molar-refractivity contribution >= 4 is 22.9 Å². The molecule has 0 radical (unpaired) electrons. The number of aromatic nitrogens is 1. The fourth-order valence-corrected chi connectivity index (χ4v) is 2.53. The summed E-state index contributed by atoms with van der Waals surface area (Å²) in [6.07, 6.45) is -0.613. The van der Waals surface area contributed by atoms with Gasteiger partial charge in [0.15, 0.2) is 0 Å². The minimum absolute atomic E-state index is 0.0737. The maximum absolute atomic E-state index is 10.9. The van der Waals surface area contributed by atoms with Crippen molar-refractivity contribution in [2.75, 3.05) is 13.2 Å². The summed E-state index contributed by atoms with van der Waals surface area (Å²) in [5.74, 6) is 0. The summed E-state index contributed by atoms with van der Waals surface area (Å²) in [6, 6.07) is 7.45. The van der Waals surface area contributed by atoms with Crippen LogP contribution in [0.15, 0.2) is 34.4 Å². The van der Waals surface area contributed by atoms with Gasteiger partial charge in [0.1, 0.15) is 0 Å². The molecule has 114 valence electrons. The first-order valence-electron chi connectivity index (χ1n) is 6.52. The van der Waals surface area contributed by atoms with Crippen molar-refractivity contribution in [2.24, 2.45) is 0 Å². The van der Waals surface area contributed by atoms with Crippen LogP contribution in [0, 0.1) is 0 Å². The van der Waals surface area contributed by atoms with E-state index in [0.29, 0.717) is 24.7 Å². The first kappa shape index (κ1) is 16.2. The third kappa shape index (κ3) is 5.61. The van der Waals surface area contributed by atoms with Crippen LogP contribution < -0.4 is 10.2 Å². The lowest BCUT2D eigenvalue weighted by atomic mass is 10.2. The molecule has 1 aromatic heterocycles. The zero-order chi connectivity index (χ0) is 15.1. The molecule has 0 aliphatic heterocycles. The van der Waals surface area contributed by atoms with Gasteiger partial charge in [0, 0.05) is 29.2 Å². The number of aromatic amines is 1. The molecule has 2 aromatic rings. The molecule has 0 fully saturated rings. The van der Waals surface area contributed by atoms with Gasteiger partial charge in [0.05, 0.1) is 19.3 Å². The van der Waals surface area contributed by atoms with Gasteiger partial charge in [-0.1, -0.05) is 41.1 Å². The van der Waals surface area contributed by atoms with Gasteiger partial charge in [-0.15, -0.1) is 0 Å². The predicted octanol–water partition coefficient (Wildman–Crippen LogP) is 1.76. The monoisotopic (exact) mass is 328 g/mol. The van der Waals surface area contributed by atoms with Crippen molar-refractivity contribution in [3.05, 3.63) is 55.6 Å². The second kappa shape index (κ2) is 8.31. The Kier molecular flexibility index (Phi) is 6.41. The molecule has 0 aliphatic carbocycles. The molecule has 1 heterocycles. The lowest BCUT2D eigenvalue weighted by Gasteiger charge is -2.12. The minimum Gasteiger partial charge on any atom is -0.389 e. The summed E-state index contributed by atoms with van der Waals surface area (Å²) >= 11 is 7.14. The summed E-state index contributed by atoms with van der Waals surface area (Å²) in [6.45, 7) is 1.49. The molecule has 7 heteroatoms. The molecule has 0 amide bonds. The van der Waals surface area contributed by atoms with Gasteiger partial charge < -0.3 is 20.1 Å². The van der Waals surface area contributed by atoms with Crippen LogP contribution in [0.1, 0.15) is 11.3 Å². The zero-order valence-electron chi connectivity index (χ0n) is 11.3. The number of hydrogen-bond acceptors (Lipinski definition) is 5. The molecule has 0 bridgehead atoms. The molecule has 2 rings (SSSR count). The maximum atomic E-state index is 10.9. The number of hydrogen-bond donors (Lipinski definition) is 3. The molecule has 0 saturated carbocycles. The topological polar surface area (TPSA) is 74.4 Å². The standard InChI is InChI=1S/C14H17ClN2O3S/c15-13-4-2-1-3-10(13)7-20-8-12(18)6-16-5-11-9-21-14(19)17-11/h1-4,9,12,16,18H,5-8H2,(H,17,19). The average molecular weight is 329 g/mol. The molecule has 1 atom stereocenters. The Labute approximate surface area is 131 Å². The smallest absolute Gasteiger partial charge is 0.304 e. The number of rotatable bonds is 8. The van der Waals surface area contributed by atoms with E-state index >= 15 is 0 Å². The normalized spacial score (nSPS) is 12.5. The van der Waals surface area contributed by atoms with Crippen LogP contribution in [0.25, 0.3) is 0 Å². The molecule has 0 aliphatic rings. The van der Waals surface area contributed by atoms with Crippen LogP contribution in [0.4, 0.5) is 0 Å². The van der Waals surface area contributed by atoms with E-state index in [-0.39, 0.29) is 11.5 Å². The molecule has 5 nitrogen and oxygen atoms in total. The predicted molar refractivity (Wildman–Crippen MR) is 83.8 cm³/mol. The molecular weight excluding hydrogens is 312 g/mol. The van der Waals surface area contributed by atoms with Gasteiger partial charge in [0.2, 0.25) is 0 Å². The lowest BCUT2D eigenvalue weighted by molar-refractivity contribution is 0.0287. The highest BCUT2D eigenvalue weighted by molar-refractivity contribution is 7.07. The van der Waals surface area contributed by atoms with Gasteiger partial charge in [-0.2, -0.15) is 0 Å². The third-order valence-electron chi connectivity index (χ3n) is 2.79. The molecule has 3 N–H and O–H groups in total.